The number of ether oxygens (including phenoxy) is 3. The van der Waals surface area contributed by atoms with Gasteiger partial charge in [-0.2, -0.15) is 0 Å². The van der Waals surface area contributed by atoms with Crippen molar-refractivity contribution in [2.45, 2.75) is 68.3 Å². The first-order chi connectivity index (χ1) is 10.3. The smallest absolute Gasteiger partial charge is 0.187 e. The predicted octanol–water partition coefficient (Wildman–Crippen LogP) is -4.37. The average Bonchev–Trinajstić information content (AvgIpc) is 2.49. The highest BCUT2D eigenvalue weighted by atomic mass is 16.7. The van der Waals surface area contributed by atoms with Gasteiger partial charge in [-0.15, -0.1) is 0 Å². The third-order valence-corrected chi connectivity index (χ3v) is 3.94. The Hall–Kier alpha value is -0.400. The zero-order chi connectivity index (χ0) is 16.6. The maximum absolute atomic E-state index is 9.96. The van der Waals surface area contributed by atoms with Crippen LogP contribution in [0.15, 0.2) is 0 Å². The van der Waals surface area contributed by atoms with Crippen molar-refractivity contribution in [1.29, 1.82) is 0 Å². The lowest BCUT2D eigenvalue weighted by Gasteiger charge is -2.44. The van der Waals surface area contributed by atoms with Crippen LogP contribution in [0.4, 0.5) is 0 Å². The molecule has 0 aromatic rings. The second-order valence-corrected chi connectivity index (χ2v) is 5.51. The molecule has 10 atom stereocenters. The lowest BCUT2D eigenvalue weighted by Crippen LogP contribution is -2.63. The van der Waals surface area contributed by atoms with E-state index in [2.05, 4.69) is 0 Å². The molecule has 130 valence electrons. The first-order valence-electron chi connectivity index (χ1n) is 6.93. The molecule has 0 saturated carbocycles. The molecule has 0 spiro atoms. The van der Waals surface area contributed by atoms with E-state index in [0.717, 1.165) is 0 Å². The summed E-state index contributed by atoms with van der Waals surface area (Å²) in [7, 11) is 0. The minimum atomic E-state index is -1.67. The van der Waals surface area contributed by atoms with E-state index >= 15 is 0 Å². The van der Waals surface area contributed by atoms with Gasteiger partial charge >= 0.3 is 0 Å². The van der Waals surface area contributed by atoms with E-state index in [1.165, 1.54) is 6.92 Å². The molecule has 2 rings (SSSR count). The predicted molar refractivity (Wildman–Crippen MR) is 67.2 cm³/mol. The summed E-state index contributed by atoms with van der Waals surface area (Å²) in [4.78, 5) is 0. The molecule has 2 aliphatic rings. The molecular weight excluding hydrogens is 304 g/mol. The molecule has 10 heteroatoms. The van der Waals surface area contributed by atoms with E-state index in [0.29, 0.717) is 0 Å². The summed E-state index contributed by atoms with van der Waals surface area (Å²) >= 11 is 0. The molecular formula is C12H22O10. The van der Waals surface area contributed by atoms with Crippen LogP contribution in [0.5, 0.6) is 0 Å². The van der Waals surface area contributed by atoms with Crippen LogP contribution in [-0.2, 0) is 14.2 Å². The topological polar surface area (TPSA) is 169 Å². The Morgan fingerprint density at radius 2 is 1.45 bits per heavy atom. The molecule has 7 N–H and O–H groups in total. The van der Waals surface area contributed by atoms with Crippen molar-refractivity contribution >= 4 is 0 Å². The summed E-state index contributed by atoms with van der Waals surface area (Å²) in [6.45, 7) is 0.812. The van der Waals surface area contributed by atoms with E-state index in [4.69, 9.17) is 19.3 Å². The first kappa shape index (κ1) is 17.9. The average molecular weight is 326 g/mol. The van der Waals surface area contributed by atoms with Gasteiger partial charge in [-0.05, 0) is 6.92 Å². The zero-order valence-corrected chi connectivity index (χ0v) is 11.8. The van der Waals surface area contributed by atoms with E-state index < -0.39 is 68.0 Å². The second kappa shape index (κ2) is 7.01. The van der Waals surface area contributed by atoms with Gasteiger partial charge in [0, 0.05) is 0 Å². The van der Waals surface area contributed by atoms with Gasteiger partial charge in [-0.25, -0.2) is 0 Å². The highest BCUT2D eigenvalue weighted by Gasteiger charge is 2.49. The molecule has 2 aliphatic heterocycles. The summed E-state index contributed by atoms with van der Waals surface area (Å²) in [5.74, 6) is 0. The van der Waals surface area contributed by atoms with Gasteiger partial charge in [0.2, 0.25) is 0 Å². The van der Waals surface area contributed by atoms with Crippen molar-refractivity contribution < 1.29 is 50.0 Å². The van der Waals surface area contributed by atoms with Crippen molar-refractivity contribution in [3.8, 4) is 0 Å². The molecule has 0 aliphatic carbocycles. The summed E-state index contributed by atoms with van der Waals surface area (Å²) in [6, 6.07) is 0. The summed E-state index contributed by atoms with van der Waals surface area (Å²) in [5, 5.41) is 67.6. The van der Waals surface area contributed by atoms with Crippen LogP contribution < -0.4 is 0 Å². The standard InChI is InChI=1S/C12H22O10/c1-3-5(14)10(9(18)11(19)20-3)22-12-8(17)7(16)6(15)4(2-13)21-12/h3-19H,2H2,1H3/t3-,4-,5+,6-,7+,8-,9-,10+,11?,12+/m1/s1. The van der Waals surface area contributed by atoms with Crippen molar-refractivity contribution in [2.24, 2.45) is 0 Å². The minimum Gasteiger partial charge on any atom is -0.394 e. The normalized spacial score (nSPS) is 53.5. The third-order valence-electron chi connectivity index (χ3n) is 3.94. The Morgan fingerprint density at radius 1 is 0.818 bits per heavy atom. The van der Waals surface area contributed by atoms with Gasteiger partial charge in [0.05, 0.1) is 12.7 Å². The molecule has 10 nitrogen and oxygen atoms in total. The Labute approximate surface area is 126 Å². The lowest BCUT2D eigenvalue weighted by molar-refractivity contribution is -0.353. The largest absolute Gasteiger partial charge is 0.394 e. The van der Waals surface area contributed by atoms with Gasteiger partial charge in [0.15, 0.2) is 12.6 Å². The number of aliphatic hydroxyl groups is 7. The molecule has 0 aromatic heterocycles. The number of hydrogen-bond acceptors (Lipinski definition) is 10. The monoisotopic (exact) mass is 326 g/mol. The Balaban J connectivity index is 2.10. The van der Waals surface area contributed by atoms with Crippen LogP contribution in [-0.4, -0.2) is 104 Å². The number of hydrogen-bond donors (Lipinski definition) is 7. The van der Waals surface area contributed by atoms with Crippen molar-refractivity contribution in [2.75, 3.05) is 6.61 Å². The van der Waals surface area contributed by atoms with Crippen LogP contribution in [0, 0.1) is 0 Å². The zero-order valence-electron chi connectivity index (χ0n) is 11.8. The maximum atomic E-state index is 9.96. The van der Waals surface area contributed by atoms with Crippen molar-refractivity contribution in [3.63, 3.8) is 0 Å². The quantitative estimate of drug-likeness (QED) is 0.269. The van der Waals surface area contributed by atoms with E-state index in [-0.39, 0.29) is 0 Å². The molecule has 0 amide bonds. The lowest BCUT2D eigenvalue weighted by atomic mass is 9.97. The van der Waals surface area contributed by atoms with Crippen LogP contribution in [0.1, 0.15) is 6.92 Å². The minimum absolute atomic E-state index is 0.636. The van der Waals surface area contributed by atoms with Gasteiger partial charge in [0.1, 0.15) is 42.7 Å². The van der Waals surface area contributed by atoms with Gasteiger partial charge in [-0.3, -0.25) is 0 Å². The molecule has 0 bridgehead atoms. The van der Waals surface area contributed by atoms with Crippen LogP contribution in [0.2, 0.25) is 0 Å². The van der Waals surface area contributed by atoms with Gasteiger partial charge in [0.25, 0.3) is 0 Å². The van der Waals surface area contributed by atoms with Crippen LogP contribution >= 0.6 is 0 Å². The third kappa shape index (κ3) is 3.26. The molecule has 2 fully saturated rings. The number of aliphatic hydroxyl groups excluding tert-OH is 7. The van der Waals surface area contributed by atoms with Crippen LogP contribution in [0.25, 0.3) is 0 Å². The van der Waals surface area contributed by atoms with Crippen molar-refractivity contribution in [1.82, 2.24) is 0 Å². The molecule has 0 aromatic carbocycles. The SMILES string of the molecule is C[C@H]1OC(O)[C@H](O)[C@@H](O[C@@H]2O[C@H](CO)[C@@H](O)[C@H](O)[C@H]2O)[C@H]1O. The summed E-state index contributed by atoms with van der Waals surface area (Å²) < 4.78 is 15.3. The molecule has 1 unspecified atom stereocenters. The fourth-order valence-electron chi connectivity index (χ4n) is 2.51. The Bertz CT molecular complexity index is 352. The van der Waals surface area contributed by atoms with E-state index in [1.807, 2.05) is 0 Å². The van der Waals surface area contributed by atoms with Gasteiger partial charge < -0.3 is 50.0 Å². The molecule has 22 heavy (non-hydrogen) atoms. The Kier molecular flexibility index (Phi) is 5.72. The van der Waals surface area contributed by atoms with Gasteiger partial charge in [-0.1, -0.05) is 0 Å². The fraction of sp³-hybridized carbons (Fsp3) is 1.00. The summed E-state index contributed by atoms with van der Waals surface area (Å²) in [6.07, 6.45) is -14.3. The number of rotatable bonds is 3. The van der Waals surface area contributed by atoms with Crippen LogP contribution in [0.3, 0.4) is 0 Å². The van der Waals surface area contributed by atoms with E-state index in [1.54, 1.807) is 0 Å². The maximum Gasteiger partial charge on any atom is 0.187 e. The highest BCUT2D eigenvalue weighted by molar-refractivity contribution is 4.92. The Morgan fingerprint density at radius 3 is 2.05 bits per heavy atom. The van der Waals surface area contributed by atoms with Crippen molar-refractivity contribution in [3.05, 3.63) is 0 Å². The molecule has 2 saturated heterocycles. The highest BCUT2D eigenvalue weighted by Crippen LogP contribution is 2.28. The molecule has 2 heterocycles. The fourth-order valence-corrected chi connectivity index (χ4v) is 2.51. The molecule has 0 radical (unpaired) electrons. The van der Waals surface area contributed by atoms with E-state index in [9.17, 15) is 30.6 Å². The second-order valence-electron chi connectivity index (χ2n) is 5.51. The summed E-state index contributed by atoms with van der Waals surface area (Å²) in [5.41, 5.74) is 0. The first-order valence-corrected chi connectivity index (χ1v) is 6.93.